The highest BCUT2D eigenvalue weighted by molar-refractivity contribution is 5.95. The molecule has 1 fully saturated rings. The number of aromatic nitrogens is 2. The van der Waals surface area contributed by atoms with E-state index in [0.717, 1.165) is 24.0 Å². The number of carbonyl (C=O) groups excluding carboxylic acids is 2. The Balaban J connectivity index is 1.20. The maximum absolute atomic E-state index is 12.2. The molecule has 1 aromatic carbocycles. The molecule has 0 atom stereocenters. The van der Waals surface area contributed by atoms with Crippen molar-refractivity contribution in [1.82, 2.24) is 20.8 Å². The number of rotatable bonds is 8. The number of carbonyl (C=O) groups is 2. The summed E-state index contributed by atoms with van der Waals surface area (Å²) in [6.07, 6.45) is 6.51. The predicted octanol–water partition coefficient (Wildman–Crippen LogP) is 3.10. The number of hydrogen-bond acceptors (Lipinski definition) is 6. The Morgan fingerprint density at radius 1 is 1.06 bits per heavy atom. The zero-order valence-electron chi connectivity index (χ0n) is 17.0. The molecule has 160 valence electrons. The zero-order valence-corrected chi connectivity index (χ0v) is 17.0. The van der Waals surface area contributed by atoms with Crippen LogP contribution in [0.2, 0.25) is 0 Å². The topological polar surface area (TPSA) is 106 Å². The molecule has 1 aliphatic rings. The minimum absolute atomic E-state index is 0.119. The molecule has 31 heavy (non-hydrogen) atoms. The van der Waals surface area contributed by atoms with Crippen molar-refractivity contribution in [3.63, 3.8) is 0 Å². The molecule has 1 saturated carbocycles. The minimum Gasteiger partial charge on any atom is -0.474 e. The van der Waals surface area contributed by atoms with Crippen LogP contribution in [-0.2, 0) is 11.3 Å². The van der Waals surface area contributed by atoms with Gasteiger partial charge in [0.1, 0.15) is 6.10 Å². The maximum Gasteiger partial charge on any atom is 0.273 e. The van der Waals surface area contributed by atoms with Crippen LogP contribution < -0.4 is 15.4 Å². The summed E-state index contributed by atoms with van der Waals surface area (Å²) in [5.74, 6) is 0.308. The van der Waals surface area contributed by atoms with E-state index < -0.39 is 5.91 Å². The van der Waals surface area contributed by atoms with Crippen LogP contribution in [0.25, 0.3) is 11.3 Å². The SMILES string of the molecule is O=C(CNC(=O)c1cc(-c2ccccc2)on1)NCc1ccc(OC2CCCC2)nc1. The van der Waals surface area contributed by atoms with Crippen molar-refractivity contribution in [2.24, 2.45) is 0 Å². The van der Waals surface area contributed by atoms with Gasteiger partial charge < -0.3 is 19.9 Å². The van der Waals surface area contributed by atoms with Crippen LogP contribution in [-0.4, -0.2) is 34.6 Å². The number of nitrogens with one attached hydrogen (secondary N) is 2. The number of nitrogens with zero attached hydrogens (tertiary/aromatic N) is 2. The molecule has 2 heterocycles. The first-order chi connectivity index (χ1) is 15.2. The Bertz CT molecular complexity index is 1010. The summed E-state index contributed by atoms with van der Waals surface area (Å²) in [6, 6.07) is 14.6. The molecule has 2 aromatic heterocycles. The summed E-state index contributed by atoms with van der Waals surface area (Å²) in [7, 11) is 0. The van der Waals surface area contributed by atoms with Crippen LogP contribution in [0.4, 0.5) is 0 Å². The fourth-order valence-electron chi connectivity index (χ4n) is 3.40. The summed E-state index contributed by atoms with van der Waals surface area (Å²) < 4.78 is 11.0. The lowest BCUT2D eigenvalue weighted by Gasteiger charge is -2.12. The number of ether oxygens (including phenoxy) is 1. The predicted molar refractivity (Wildman–Crippen MR) is 113 cm³/mol. The van der Waals surface area contributed by atoms with Gasteiger partial charge in [-0.2, -0.15) is 0 Å². The highest BCUT2D eigenvalue weighted by Crippen LogP contribution is 2.23. The molecule has 0 aliphatic heterocycles. The van der Waals surface area contributed by atoms with Crippen LogP contribution in [0, 0.1) is 0 Å². The summed E-state index contributed by atoms with van der Waals surface area (Å²) >= 11 is 0. The normalized spacial score (nSPS) is 13.7. The summed E-state index contributed by atoms with van der Waals surface area (Å²) in [5.41, 5.74) is 1.79. The molecular formula is C23H24N4O4. The molecule has 0 spiro atoms. The van der Waals surface area contributed by atoms with E-state index in [1.54, 1.807) is 12.3 Å². The number of amides is 2. The van der Waals surface area contributed by atoms with E-state index in [4.69, 9.17) is 9.26 Å². The van der Waals surface area contributed by atoms with E-state index in [0.29, 0.717) is 18.2 Å². The average molecular weight is 420 g/mol. The molecule has 8 heteroatoms. The van der Waals surface area contributed by atoms with Gasteiger partial charge in [0, 0.05) is 30.4 Å². The van der Waals surface area contributed by atoms with Crippen LogP contribution in [0.1, 0.15) is 41.7 Å². The Kier molecular flexibility index (Phi) is 6.56. The lowest BCUT2D eigenvalue weighted by molar-refractivity contribution is -0.120. The van der Waals surface area contributed by atoms with Gasteiger partial charge in [0.15, 0.2) is 11.5 Å². The molecule has 0 bridgehead atoms. The fourth-order valence-corrected chi connectivity index (χ4v) is 3.40. The summed E-state index contributed by atoms with van der Waals surface area (Å²) in [4.78, 5) is 28.6. The third-order valence-electron chi connectivity index (χ3n) is 5.09. The van der Waals surface area contributed by atoms with Crippen molar-refractivity contribution >= 4 is 11.8 Å². The van der Waals surface area contributed by atoms with Gasteiger partial charge in [-0.1, -0.05) is 41.6 Å². The van der Waals surface area contributed by atoms with E-state index in [9.17, 15) is 9.59 Å². The molecule has 0 unspecified atom stereocenters. The van der Waals surface area contributed by atoms with E-state index in [1.807, 2.05) is 42.5 Å². The molecule has 1 aliphatic carbocycles. The molecule has 2 N–H and O–H groups in total. The van der Waals surface area contributed by atoms with Crippen LogP contribution in [0.3, 0.4) is 0 Å². The minimum atomic E-state index is -0.476. The third kappa shape index (κ3) is 5.69. The lowest BCUT2D eigenvalue weighted by atomic mass is 10.1. The second kappa shape index (κ2) is 9.88. The number of hydrogen-bond donors (Lipinski definition) is 2. The molecule has 0 saturated heterocycles. The fraction of sp³-hybridized carbons (Fsp3) is 0.304. The largest absolute Gasteiger partial charge is 0.474 e. The van der Waals surface area contributed by atoms with Crippen LogP contribution >= 0.6 is 0 Å². The van der Waals surface area contributed by atoms with E-state index in [2.05, 4.69) is 20.8 Å². The van der Waals surface area contributed by atoms with Crippen molar-refractivity contribution in [3.8, 4) is 17.2 Å². The first kappa shape index (κ1) is 20.6. The smallest absolute Gasteiger partial charge is 0.273 e. The highest BCUT2D eigenvalue weighted by Gasteiger charge is 2.17. The van der Waals surface area contributed by atoms with Gasteiger partial charge in [-0.15, -0.1) is 0 Å². The monoisotopic (exact) mass is 420 g/mol. The van der Waals surface area contributed by atoms with Crippen molar-refractivity contribution < 1.29 is 18.8 Å². The van der Waals surface area contributed by atoms with Crippen molar-refractivity contribution in [3.05, 3.63) is 66.0 Å². The van der Waals surface area contributed by atoms with Gasteiger partial charge in [-0.3, -0.25) is 9.59 Å². The van der Waals surface area contributed by atoms with Gasteiger partial charge in [-0.25, -0.2) is 4.98 Å². The summed E-state index contributed by atoms with van der Waals surface area (Å²) in [5, 5.41) is 9.06. The van der Waals surface area contributed by atoms with E-state index >= 15 is 0 Å². The maximum atomic E-state index is 12.2. The molecule has 2 amide bonds. The highest BCUT2D eigenvalue weighted by atomic mass is 16.5. The second-order valence-corrected chi connectivity index (χ2v) is 7.43. The second-order valence-electron chi connectivity index (χ2n) is 7.43. The third-order valence-corrected chi connectivity index (χ3v) is 5.09. The molecule has 8 nitrogen and oxygen atoms in total. The van der Waals surface area contributed by atoms with E-state index in [-0.39, 0.29) is 24.2 Å². The van der Waals surface area contributed by atoms with Crippen molar-refractivity contribution in [1.29, 1.82) is 0 Å². The summed E-state index contributed by atoms with van der Waals surface area (Å²) in [6.45, 7) is 0.149. The molecular weight excluding hydrogens is 396 g/mol. The van der Waals surface area contributed by atoms with Gasteiger partial charge in [0.25, 0.3) is 5.91 Å². The van der Waals surface area contributed by atoms with Gasteiger partial charge >= 0.3 is 0 Å². The Morgan fingerprint density at radius 3 is 2.61 bits per heavy atom. The van der Waals surface area contributed by atoms with Crippen LogP contribution in [0.5, 0.6) is 5.88 Å². The van der Waals surface area contributed by atoms with Crippen molar-refractivity contribution in [2.45, 2.75) is 38.3 Å². The first-order valence-corrected chi connectivity index (χ1v) is 10.4. The van der Waals surface area contributed by atoms with E-state index in [1.165, 1.54) is 12.8 Å². The molecule has 3 aromatic rings. The quantitative estimate of drug-likeness (QED) is 0.580. The van der Waals surface area contributed by atoms with Gasteiger partial charge in [0.2, 0.25) is 11.8 Å². The Morgan fingerprint density at radius 2 is 1.87 bits per heavy atom. The standard InChI is InChI=1S/C23H24N4O4/c28-21(24-13-16-10-11-22(25-14-16)30-18-8-4-5-9-18)15-26-23(29)19-12-20(31-27-19)17-6-2-1-3-7-17/h1-3,6-7,10-12,14,18H,4-5,8-9,13,15H2,(H,24,28)(H,26,29). The molecule has 4 rings (SSSR count). The zero-order chi connectivity index (χ0) is 21.5. The number of benzene rings is 1. The first-order valence-electron chi connectivity index (χ1n) is 10.4. The Labute approximate surface area is 180 Å². The van der Waals surface area contributed by atoms with Crippen molar-refractivity contribution in [2.75, 3.05) is 6.54 Å². The van der Waals surface area contributed by atoms with Crippen LogP contribution in [0.15, 0.2) is 59.3 Å². The molecule has 0 radical (unpaired) electrons. The number of pyridine rings is 1. The van der Waals surface area contributed by atoms with Gasteiger partial charge in [0.05, 0.1) is 6.54 Å². The average Bonchev–Trinajstić information content (AvgIpc) is 3.50. The van der Waals surface area contributed by atoms with Gasteiger partial charge in [-0.05, 0) is 31.2 Å². The Hall–Kier alpha value is -3.68. The lowest BCUT2D eigenvalue weighted by Crippen LogP contribution is -2.36.